The Kier molecular flexibility index (Phi) is 6.43. The van der Waals surface area contributed by atoms with Gasteiger partial charge >= 0.3 is 5.97 Å². The molecule has 0 saturated carbocycles. The van der Waals surface area contributed by atoms with Crippen molar-refractivity contribution < 1.29 is 15.0 Å². The van der Waals surface area contributed by atoms with Crippen LogP contribution in [0.15, 0.2) is 24.6 Å². The van der Waals surface area contributed by atoms with Crippen LogP contribution in [-0.4, -0.2) is 28.3 Å². The number of aliphatic hydroxyl groups excluding tert-OH is 1. The zero-order valence-corrected chi connectivity index (χ0v) is 8.05. The van der Waals surface area contributed by atoms with Gasteiger partial charge in [0, 0.05) is 0 Å². The quantitative estimate of drug-likeness (QED) is 0.494. The van der Waals surface area contributed by atoms with Gasteiger partial charge in [-0.2, -0.15) is 0 Å². The lowest BCUT2D eigenvalue weighted by atomic mass is 10.2. The van der Waals surface area contributed by atoms with Crippen molar-refractivity contribution in [1.29, 1.82) is 0 Å². The Bertz CT molecular complexity index is 204. The van der Waals surface area contributed by atoms with Gasteiger partial charge in [0.05, 0.1) is 6.10 Å². The molecule has 80 valence electrons. The molecule has 0 bridgehead atoms. The fourth-order valence-corrected chi connectivity index (χ4v) is 0.613. The molecule has 0 aliphatic carbocycles. The minimum absolute atomic E-state index is 0.979. The second-order valence-electron chi connectivity index (χ2n) is 2.81. The SMILES string of the molecule is C1=CNC=CC1.C[C@@H](O)[C@H](N)C(=O)O. The number of aliphatic carboxylic acids is 1. The van der Waals surface area contributed by atoms with Gasteiger partial charge in [-0.15, -0.1) is 0 Å². The second kappa shape index (κ2) is 7.11. The average Bonchev–Trinajstić information content (AvgIpc) is 2.20. The van der Waals surface area contributed by atoms with Crippen molar-refractivity contribution in [3.63, 3.8) is 0 Å². The van der Waals surface area contributed by atoms with E-state index in [2.05, 4.69) is 17.5 Å². The normalized spacial score (nSPS) is 17.4. The molecule has 0 unspecified atom stereocenters. The molecule has 5 nitrogen and oxygen atoms in total. The molecule has 0 radical (unpaired) electrons. The van der Waals surface area contributed by atoms with E-state index in [1.165, 1.54) is 6.92 Å². The summed E-state index contributed by atoms with van der Waals surface area (Å²) in [6.07, 6.45) is 8.10. The first-order valence-corrected chi connectivity index (χ1v) is 4.28. The van der Waals surface area contributed by atoms with E-state index in [0.29, 0.717) is 0 Å². The predicted molar refractivity (Wildman–Crippen MR) is 53.3 cm³/mol. The highest BCUT2D eigenvalue weighted by molar-refractivity contribution is 5.73. The van der Waals surface area contributed by atoms with Crippen LogP contribution in [0.4, 0.5) is 0 Å². The van der Waals surface area contributed by atoms with E-state index in [1.54, 1.807) is 0 Å². The minimum atomic E-state index is -1.18. The topological polar surface area (TPSA) is 95.6 Å². The van der Waals surface area contributed by atoms with Gasteiger partial charge in [-0.05, 0) is 25.7 Å². The van der Waals surface area contributed by atoms with Crippen LogP contribution in [0.2, 0.25) is 0 Å². The second-order valence-corrected chi connectivity index (χ2v) is 2.81. The Morgan fingerprint density at radius 1 is 1.50 bits per heavy atom. The molecule has 0 spiro atoms. The number of hydrogen-bond acceptors (Lipinski definition) is 4. The van der Waals surface area contributed by atoms with Crippen molar-refractivity contribution in [1.82, 2.24) is 5.32 Å². The number of carbonyl (C=O) groups is 1. The Hall–Kier alpha value is -1.33. The van der Waals surface area contributed by atoms with Crippen molar-refractivity contribution in [2.75, 3.05) is 0 Å². The summed E-state index contributed by atoms with van der Waals surface area (Å²) in [6, 6.07) is -1.16. The van der Waals surface area contributed by atoms with Crippen LogP contribution in [0, 0.1) is 0 Å². The summed E-state index contributed by atoms with van der Waals surface area (Å²) in [5.41, 5.74) is 4.91. The Balaban J connectivity index is 0.000000249. The summed E-state index contributed by atoms with van der Waals surface area (Å²) in [4.78, 5) is 9.86. The van der Waals surface area contributed by atoms with E-state index in [1.807, 2.05) is 12.4 Å². The molecule has 1 aliphatic rings. The van der Waals surface area contributed by atoms with Crippen molar-refractivity contribution in [2.24, 2.45) is 5.73 Å². The third kappa shape index (κ3) is 6.22. The largest absolute Gasteiger partial charge is 0.480 e. The third-order valence-corrected chi connectivity index (χ3v) is 1.51. The van der Waals surface area contributed by atoms with Gasteiger partial charge in [-0.3, -0.25) is 4.79 Å². The van der Waals surface area contributed by atoms with Crippen LogP contribution in [0.1, 0.15) is 13.3 Å². The van der Waals surface area contributed by atoms with Gasteiger partial charge in [0.1, 0.15) is 6.04 Å². The van der Waals surface area contributed by atoms with Gasteiger partial charge in [0.2, 0.25) is 0 Å². The van der Waals surface area contributed by atoms with Crippen LogP contribution in [0.3, 0.4) is 0 Å². The average molecular weight is 200 g/mol. The first-order valence-electron chi connectivity index (χ1n) is 4.28. The number of allylic oxidation sites excluding steroid dienone is 2. The van der Waals surface area contributed by atoms with Gasteiger partial charge in [0.15, 0.2) is 0 Å². The Labute approximate surface area is 82.9 Å². The third-order valence-electron chi connectivity index (χ3n) is 1.51. The van der Waals surface area contributed by atoms with E-state index < -0.39 is 18.1 Å². The summed E-state index contributed by atoms with van der Waals surface area (Å²) in [5.74, 6) is -1.18. The maximum absolute atomic E-state index is 9.86. The molecule has 0 fully saturated rings. The lowest BCUT2D eigenvalue weighted by Crippen LogP contribution is -2.39. The zero-order valence-electron chi connectivity index (χ0n) is 8.05. The number of carboxylic acids is 1. The molecule has 1 aliphatic heterocycles. The highest BCUT2D eigenvalue weighted by Gasteiger charge is 2.16. The summed E-state index contributed by atoms with van der Waals surface area (Å²) < 4.78 is 0. The fourth-order valence-electron chi connectivity index (χ4n) is 0.613. The Morgan fingerprint density at radius 2 is 2.00 bits per heavy atom. The number of nitrogens with one attached hydrogen (secondary N) is 1. The van der Waals surface area contributed by atoms with E-state index >= 15 is 0 Å². The molecule has 14 heavy (non-hydrogen) atoms. The smallest absolute Gasteiger partial charge is 0.323 e. The molecule has 2 atom stereocenters. The molecule has 5 heteroatoms. The molecule has 0 aromatic carbocycles. The number of dihydropyridines is 1. The van der Waals surface area contributed by atoms with Crippen molar-refractivity contribution in [3.8, 4) is 0 Å². The molecule has 1 heterocycles. The Morgan fingerprint density at radius 3 is 2.07 bits per heavy atom. The number of rotatable bonds is 2. The van der Waals surface area contributed by atoms with Crippen molar-refractivity contribution in [3.05, 3.63) is 24.6 Å². The van der Waals surface area contributed by atoms with Crippen LogP contribution in [0.25, 0.3) is 0 Å². The van der Waals surface area contributed by atoms with Crippen molar-refractivity contribution in [2.45, 2.75) is 25.5 Å². The maximum atomic E-state index is 9.86. The molecular formula is C9H16N2O3. The predicted octanol–water partition coefficient (Wildman–Crippen LogP) is -0.214. The van der Waals surface area contributed by atoms with E-state index in [4.69, 9.17) is 15.9 Å². The maximum Gasteiger partial charge on any atom is 0.323 e. The van der Waals surface area contributed by atoms with Gasteiger partial charge < -0.3 is 21.3 Å². The molecule has 0 aromatic rings. The van der Waals surface area contributed by atoms with Gasteiger partial charge in [0.25, 0.3) is 0 Å². The number of carboxylic acid groups (broad SMARTS) is 1. The first-order chi connectivity index (χ1) is 6.55. The monoisotopic (exact) mass is 200 g/mol. The molecule has 5 N–H and O–H groups in total. The zero-order chi connectivity index (χ0) is 11.0. The van der Waals surface area contributed by atoms with Gasteiger partial charge in [-0.25, -0.2) is 0 Å². The highest BCUT2D eigenvalue weighted by Crippen LogP contribution is 1.87. The number of hydrogen-bond donors (Lipinski definition) is 4. The van der Waals surface area contributed by atoms with E-state index in [0.717, 1.165) is 6.42 Å². The molecular weight excluding hydrogens is 184 g/mol. The number of aliphatic hydroxyl groups is 1. The van der Waals surface area contributed by atoms with Gasteiger partial charge in [-0.1, -0.05) is 12.2 Å². The molecule has 1 rings (SSSR count). The fraction of sp³-hybridized carbons (Fsp3) is 0.444. The molecule has 0 saturated heterocycles. The standard InChI is InChI=1S/C5H7N.C4H9NO3/c1-2-4-6-5-3-1;1-2(6)3(5)4(7)8/h2-6H,1H2;2-3,6H,5H2,1H3,(H,7,8)/t;2-,3+/m.1/s1. The van der Waals surface area contributed by atoms with Crippen LogP contribution in [0.5, 0.6) is 0 Å². The summed E-state index contributed by atoms with van der Waals surface area (Å²) in [7, 11) is 0. The summed E-state index contributed by atoms with van der Waals surface area (Å²) in [5, 5.41) is 19.5. The number of nitrogens with two attached hydrogens (primary N) is 1. The lowest BCUT2D eigenvalue weighted by molar-refractivity contribution is -0.140. The van der Waals surface area contributed by atoms with Crippen LogP contribution in [-0.2, 0) is 4.79 Å². The summed E-state index contributed by atoms with van der Waals surface area (Å²) in [6.45, 7) is 1.33. The lowest BCUT2D eigenvalue weighted by Gasteiger charge is -2.06. The molecule has 0 aromatic heterocycles. The molecule has 0 amide bonds. The van der Waals surface area contributed by atoms with Crippen LogP contribution >= 0.6 is 0 Å². The highest BCUT2D eigenvalue weighted by atomic mass is 16.4. The first kappa shape index (κ1) is 12.7. The minimum Gasteiger partial charge on any atom is -0.480 e. The van der Waals surface area contributed by atoms with E-state index in [9.17, 15) is 4.79 Å². The summed E-state index contributed by atoms with van der Waals surface area (Å²) >= 11 is 0. The van der Waals surface area contributed by atoms with Crippen LogP contribution < -0.4 is 11.1 Å². The van der Waals surface area contributed by atoms with E-state index in [-0.39, 0.29) is 0 Å². The van der Waals surface area contributed by atoms with Crippen molar-refractivity contribution >= 4 is 5.97 Å².